The molecule has 0 spiro atoms. The van der Waals surface area contributed by atoms with E-state index in [4.69, 9.17) is 10.2 Å². The molecule has 0 radical (unpaired) electrons. The summed E-state index contributed by atoms with van der Waals surface area (Å²) in [6.45, 7) is 1.74. The lowest BCUT2D eigenvalue weighted by Gasteiger charge is -2.19. The summed E-state index contributed by atoms with van der Waals surface area (Å²) in [7, 11) is 0. The maximum atomic E-state index is 10.9. The summed E-state index contributed by atoms with van der Waals surface area (Å²) in [4.78, 5) is 10.9. The average Bonchev–Trinajstić information content (AvgIpc) is 2.53. The van der Waals surface area contributed by atoms with Crippen LogP contribution in [-0.4, -0.2) is 45.2 Å². The van der Waals surface area contributed by atoms with Gasteiger partial charge < -0.3 is 20.4 Å². The van der Waals surface area contributed by atoms with Crippen molar-refractivity contribution in [1.82, 2.24) is 0 Å². The Bertz CT molecular complexity index is 283. The third-order valence-corrected chi connectivity index (χ3v) is 4.43. The first-order valence-corrected chi connectivity index (χ1v) is 9.20. The molecule has 0 aliphatic heterocycles. The third-order valence-electron chi connectivity index (χ3n) is 4.43. The summed E-state index contributed by atoms with van der Waals surface area (Å²) in [6, 6.07) is 0. The van der Waals surface area contributed by atoms with Crippen LogP contribution < -0.4 is 0 Å². The highest BCUT2D eigenvalue weighted by molar-refractivity contribution is 5.66. The van der Waals surface area contributed by atoms with Crippen LogP contribution in [0.5, 0.6) is 0 Å². The minimum Gasteiger partial charge on any atom is -0.481 e. The second-order valence-electron chi connectivity index (χ2n) is 6.62. The predicted octanol–water partition coefficient (Wildman–Crippen LogP) is 3.10. The molecule has 0 heterocycles. The van der Waals surface area contributed by atoms with Gasteiger partial charge in [-0.25, -0.2) is 0 Å². The van der Waals surface area contributed by atoms with E-state index in [0.29, 0.717) is 12.8 Å². The van der Waals surface area contributed by atoms with E-state index in [-0.39, 0.29) is 12.3 Å². The van der Waals surface area contributed by atoms with Crippen LogP contribution in [0.1, 0.15) is 84.0 Å². The van der Waals surface area contributed by atoms with Crippen LogP contribution in [0.25, 0.3) is 0 Å². The van der Waals surface area contributed by atoms with Crippen molar-refractivity contribution < 1.29 is 25.2 Å². The quantitative estimate of drug-likeness (QED) is 0.326. The zero-order chi connectivity index (χ0) is 17.5. The van der Waals surface area contributed by atoms with Crippen molar-refractivity contribution in [2.75, 3.05) is 6.61 Å². The maximum Gasteiger partial charge on any atom is 0.303 e. The lowest BCUT2D eigenvalue weighted by Crippen LogP contribution is -2.29. The number of aliphatic hydroxyl groups is 3. The average molecular weight is 332 g/mol. The number of hydrogen-bond donors (Lipinski definition) is 4. The van der Waals surface area contributed by atoms with Gasteiger partial charge in [0.2, 0.25) is 0 Å². The number of hydrogen-bond acceptors (Lipinski definition) is 4. The van der Waals surface area contributed by atoms with Crippen molar-refractivity contribution in [3.63, 3.8) is 0 Å². The predicted molar refractivity (Wildman–Crippen MR) is 91.3 cm³/mol. The van der Waals surface area contributed by atoms with Crippen LogP contribution >= 0.6 is 0 Å². The molecule has 0 aliphatic carbocycles. The smallest absolute Gasteiger partial charge is 0.303 e. The van der Waals surface area contributed by atoms with Crippen molar-refractivity contribution in [3.8, 4) is 0 Å². The minimum atomic E-state index is -1.14. The van der Waals surface area contributed by atoms with Crippen molar-refractivity contribution in [2.24, 2.45) is 5.92 Å². The molecule has 0 amide bonds. The summed E-state index contributed by atoms with van der Waals surface area (Å²) in [5.74, 6) is -0.778. The van der Waals surface area contributed by atoms with E-state index in [2.05, 4.69) is 6.92 Å². The molecular formula is C18H36O5. The zero-order valence-electron chi connectivity index (χ0n) is 14.6. The van der Waals surface area contributed by atoms with Crippen LogP contribution in [0.15, 0.2) is 0 Å². The third kappa shape index (κ3) is 13.5. The van der Waals surface area contributed by atoms with E-state index in [0.717, 1.165) is 19.3 Å². The van der Waals surface area contributed by atoms with Gasteiger partial charge in [0.15, 0.2) is 0 Å². The number of carbonyl (C=O) groups is 1. The van der Waals surface area contributed by atoms with Gasteiger partial charge in [-0.3, -0.25) is 4.79 Å². The normalized spacial score (nSPS) is 15.3. The second-order valence-corrected chi connectivity index (χ2v) is 6.62. The summed E-state index contributed by atoms with van der Waals surface area (Å²) in [5, 5.41) is 36.8. The van der Waals surface area contributed by atoms with Crippen molar-refractivity contribution in [2.45, 2.75) is 96.2 Å². The zero-order valence-corrected chi connectivity index (χ0v) is 14.6. The van der Waals surface area contributed by atoms with E-state index in [1.165, 1.54) is 38.5 Å². The molecule has 5 nitrogen and oxygen atoms in total. The molecule has 0 bridgehead atoms. The van der Waals surface area contributed by atoms with Gasteiger partial charge in [0, 0.05) is 6.42 Å². The Morgan fingerprint density at radius 3 is 1.91 bits per heavy atom. The van der Waals surface area contributed by atoms with Crippen molar-refractivity contribution >= 4 is 5.97 Å². The highest BCUT2D eigenvalue weighted by atomic mass is 16.4. The molecule has 5 heteroatoms. The molecule has 4 N–H and O–H groups in total. The monoisotopic (exact) mass is 332 g/mol. The summed E-state index contributed by atoms with van der Waals surface area (Å²) in [5.41, 5.74) is 0. The molecule has 3 unspecified atom stereocenters. The Hall–Kier alpha value is -0.650. The van der Waals surface area contributed by atoms with E-state index < -0.39 is 24.8 Å². The summed E-state index contributed by atoms with van der Waals surface area (Å²) >= 11 is 0. The van der Waals surface area contributed by atoms with E-state index >= 15 is 0 Å². The molecule has 0 aliphatic rings. The number of unbranched alkanes of at least 4 members (excludes halogenated alkanes) is 7. The molecule has 0 fully saturated rings. The lowest BCUT2D eigenvalue weighted by atomic mass is 9.91. The maximum absolute atomic E-state index is 10.9. The van der Waals surface area contributed by atoms with Crippen LogP contribution in [0, 0.1) is 5.92 Å². The molecule has 3 atom stereocenters. The molecule has 0 saturated heterocycles. The Morgan fingerprint density at radius 2 is 1.39 bits per heavy atom. The van der Waals surface area contributed by atoms with Gasteiger partial charge in [-0.2, -0.15) is 0 Å². The molecular weight excluding hydrogens is 296 g/mol. The Labute approximate surface area is 140 Å². The molecule has 23 heavy (non-hydrogen) atoms. The Balaban J connectivity index is 3.85. The largest absolute Gasteiger partial charge is 0.481 e. The van der Waals surface area contributed by atoms with Gasteiger partial charge >= 0.3 is 5.97 Å². The SMILES string of the molecule is CCCCCCCCCCC(CCC(O)C(O)CO)CC(=O)O. The Morgan fingerprint density at radius 1 is 0.826 bits per heavy atom. The van der Waals surface area contributed by atoms with Crippen LogP contribution in [-0.2, 0) is 4.79 Å². The van der Waals surface area contributed by atoms with E-state index in [1.807, 2.05) is 0 Å². The molecule has 0 rings (SSSR count). The standard InChI is InChI=1S/C18H36O5/c1-2-3-4-5-6-7-8-9-10-15(13-18(22)23)11-12-16(20)17(21)14-19/h15-17,19-21H,2-14H2,1H3,(H,22,23). The number of carboxylic acid groups (broad SMARTS) is 1. The first kappa shape index (κ1) is 22.4. The van der Waals surface area contributed by atoms with Crippen molar-refractivity contribution in [1.29, 1.82) is 0 Å². The molecule has 0 aromatic heterocycles. The van der Waals surface area contributed by atoms with Gasteiger partial charge in [0.05, 0.1) is 12.7 Å². The van der Waals surface area contributed by atoms with Gasteiger partial charge in [-0.1, -0.05) is 58.3 Å². The van der Waals surface area contributed by atoms with Crippen LogP contribution in [0.2, 0.25) is 0 Å². The molecule has 138 valence electrons. The fourth-order valence-electron chi connectivity index (χ4n) is 2.88. The fourth-order valence-corrected chi connectivity index (χ4v) is 2.88. The second kappa shape index (κ2) is 14.9. The van der Waals surface area contributed by atoms with E-state index in [9.17, 15) is 15.0 Å². The fraction of sp³-hybridized carbons (Fsp3) is 0.944. The minimum absolute atomic E-state index is 0.0353. The first-order chi connectivity index (χ1) is 11.0. The molecule has 0 aromatic rings. The van der Waals surface area contributed by atoms with Crippen LogP contribution in [0.3, 0.4) is 0 Å². The highest BCUT2D eigenvalue weighted by Gasteiger charge is 2.19. The molecule has 0 saturated carbocycles. The van der Waals surface area contributed by atoms with Gasteiger partial charge in [0.1, 0.15) is 6.10 Å². The summed E-state index contributed by atoms with van der Waals surface area (Å²) in [6.07, 6.45) is 9.52. The molecule has 0 aromatic carbocycles. The Kier molecular flexibility index (Phi) is 14.5. The van der Waals surface area contributed by atoms with E-state index in [1.54, 1.807) is 0 Å². The first-order valence-electron chi connectivity index (χ1n) is 9.20. The van der Waals surface area contributed by atoms with Crippen molar-refractivity contribution in [3.05, 3.63) is 0 Å². The number of carboxylic acids is 1. The number of rotatable bonds is 16. The number of aliphatic carboxylic acids is 1. The number of aliphatic hydroxyl groups excluding tert-OH is 3. The topological polar surface area (TPSA) is 98.0 Å². The van der Waals surface area contributed by atoms with Gasteiger partial charge in [-0.15, -0.1) is 0 Å². The summed E-state index contributed by atoms with van der Waals surface area (Å²) < 4.78 is 0. The van der Waals surface area contributed by atoms with Gasteiger partial charge in [-0.05, 0) is 25.2 Å². The van der Waals surface area contributed by atoms with Gasteiger partial charge in [0.25, 0.3) is 0 Å². The highest BCUT2D eigenvalue weighted by Crippen LogP contribution is 2.22. The lowest BCUT2D eigenvalue weighted by molar-refractivity contribution is -0.138. The van der Waals surface area contributed by atoms with Crippen LogP contribution in [0.4, 0.5) is 0 Å².